The molecule has 0 aromatic heterocycles. The molecule has 0 spiro atoms. The lowest BCUT2D eigenvalue weighted by Crippen LogP contribution is -1.95. The Morgan fingerprint density at radius 3 is 1.67 bits per heavy atom. The molecule has 0 aliphatic rings. The van der Waals surface area contributed by atoms with E-state index in [4.69, 9.17) is 0 Å². The summed E-state index contributed by atoms with van der Waals surface area (Å²) in [6.07, 6.45) is 4.08. The highest BCUT2D eigenvalue weighted by atomic mass is 16.5. The van der Waals surface area contributed by atoms with Crippen molar-refractivity contribution in [2.24, 2.45) is 0 Å². The molecular formula is C16H28O2. The number of esters is 1. The van der Waals surface area contributed by atoms with E-state index in [2.05, 4.69) is 37.6 Å². The quantitative estimate of drug-likeness (QED) is 0.725. The number of carbonyl (C=O) groups excluding carboxylic acids is 1. The Morgan fingerprint density at radius 1 is 1.06 bits per heavy atom. The topological polar surface area (TPSA) is 26.3 Å². The first-order valence-corrected chi connectivity index (χ1v) is 6.73. The van der Waals surface area contributed by atoms with E-state index in [1.165, 1.54) is 31.7 Å². The van der Waals surface area contributed by atoms with Crippen LogP contribution in [0.1, 0.15) is 52.5 Å². The van der Waals surface area contributed by atoms with Gasteiger partial charge in [0.15, 0.2) is 0 Å². The maximum Gasteiger partial charge on any atom is 0.302 e. The smallest absolute Gasteiger partial charge is 0.302 e. The van der Waals surface area contributed by atoms with Crippen molar-refractivity contribution in [3.63, 3.8) is 0 Å². The molecule has 1 aromatic rings. The monoisotopic (exact) mass is 252 g/mol. The Bertz CT molecular complexity index is 266. The average molecular weight is 252 g/mol. The molecule has 1 rings (SSSR count). The van der Waals surface area contributed by atoms with E-state index in [-0.39, 0.29) is 5.97 Å². The van der Waals surface area contributed by atoms with Gasteiger partial charge in [-0.05, 0) is 13.8 Å². The van der Waals surface area contributed by atoms with Gasteiger partial charge in [0, 0.05) is 6.92 Å². The van der Waals surface area contributed by atoms with E-state index in [1.54, 1.807) is 6.92 Å². The van der Waals surface area contributed by atoms with Crippen molar-refractivity contribution in [2.45, 2.75) is 53.9 Å². The molecule has 2 heteroatoms. The van der Waals surface area contributed by atoms with Crippen molar-refractivity contribution in [3.8, 4) is 0 Å². The lowest BCUT2D eigenvalue weighted by atomic mass is 10.2. The fraction of sp³-hybridized carbons (Fsp3) is 0.562. The van der Waals surface area contributed by atoms with Crippen molar-refractivity contribution in [1.82, 2.24) is 0 Å². The summed E-state index contributed by atoms with van der Waals surface area (Å²) in [6.45, 7) is 10.2. The van der Waals surface area contributed by atoms with E-state index in [1.807, 2.05) is 18.2 Å². The molecule has 0 N–H and O–H groups in total. The van der Waals surface area contributed by atoms with Crippen LogP contribution in [0, 0.1) is 6.92 Å². The second kappa shape index (κ2) is 15.7. The Kier molecular flexibility index (Phi) is 16.6. The average Bonchev–Trinajstić information content (AvgIpc) is 2.32. The summed E-state index contributed by atoms with van der Waals surface area (Å²) in [6, 6.07) is 10.3. The molecule has 2 nitrogen and oxygen atoms in total. The van der Waals surface area contributed by atoms with Crippen LogP contribution in [0.5, 0.6) is 0 Å². The van der Waals surface area contributed by atoms with E-state index in [0.717, 1.165) is 0 Å². The number of carbonyl (C=O) groups is 1. The lowest BCUT2D eigenvalue weighted by molar-refractivity contribution is -0.140. The number of benzene rings is 1. The van der Waals surface area contributed by atoms with Crippen molar-refractivity contribution in [2.75, 3.05) is 6.61 Å². The van der Waals surface area contributed by atoms with E-state index < -0.39 is 0 Å². The predicted molar refractivity (Wildman–Crippen MR) is 78.7 cm³/mol. The Balaban J connectivity index is 0. The van der Waals surface area contributed by atoms with Crippen LogP contribution >= 0.6 is 0 Å². The van der Waals surface area contributed by atoms with Gasteiger partial charge in [0.1, 0.15) is 0 Å². The number of rotatable bonds is 3. The predicted octanol–water partition coefficient (Wildman–Crippen LogP) is 4.76. The van der Waals surface area contributed by atoms with Gasteiger partial charge >= 0.3 is 5.97 Å². The van der Waals surface area contributed by atoms with Gasteiger partial charge in [0.2, 0.25) is 0 Å². The van der Waals surface area contributed by atoms with Crippen molar-refractivity contribution >= 4 is 5.97 Å². The van der Waals surface area contributed by atoms with Gasteiger partial charge in [0.25, 0.3) is 0 Å². The second-order valence-corrected chi connectivity index (χ2v) is 3.93. The number of hydrogen-bond acceptors (Lipinski definition) is 2. The minimum atomic E-state index is -0.211. The summed E-state index contributed by atoms with van der Waals surface area (Å²) in [7, 11) is 0. The fourth-order valence-corrected chi connectivity index (χ4v) is 1.09. The SMILES string of the molecule is CCCCC.CCOC(C)=O.Cc1ccccc1. The summed E-state index contributed by atoms with van der Waals surface area (Å²) in [5.41, 5.74) is 1.32. The van der Waals surface area contributed by atoms with Gasteiger partial charge in [-0.2, -0.15) is 0 Å². The highest BCUT2D eigenvalue weighted by Crippen LogP contribution is 1.92. The standard InChI is InChI=1S/C7H8.C5H12.C4H8O2/c1-7-5-3-2-4-6-7;1-3-5-4-2;1-3-6-4(2)5/h2-6H,1H3;3-5H2,1-2H3;3H2,1-2H3. The summed E-state index contributed by atoms with van der Waals surface area (Å²) in [5, 5.41) is 0. The third-order valence-corrected chi connectivity index (χ3v) is 2.00. The molecule has 0 amide bonds. The molecule has 0 aliphatic carbocycles. The summed E-state index contributed by atoms with van der Waals surface area (Å²) < 4.78 is 4.40. The van der Waals surface area contributed by atoms with E-state index in [0.29, 0.717) is 6.61 Å². The maximum absolute atomic E-state index is 9.82. The Labute approximate surface area is 112 Å². The number of hydrogen-bond donors (Lipinski definition) is 0. The number of aryl methyl sites for hydroxylation is 1. The summed E-state index contributed by atoms with van der Waals surface area (Å²) >= 11 is 0. The van der Waals surface area contributed by atoms with Crippen LogP contribution in [0.15, 0.2) is 30.3 Å². The molecule has 0 unspecified atom stereocenters. The minimum Gasteiger partial charge on any atom is -0.466 e. The molecule has 0 atom stereocenters. The number of unbranched alkanes of at least 4 members (excludes halogenated alkanes) is 2. The fourth-order valence-electron chi connectivity index (χ4n) is 1.09. The normalized spacial score (nSPS) is 8.28. The van der Waals surface area contributed by atoms with Crippen LogP contribution in [0.4, 0.5) is 0 Å². The van der Waals surface area contributed by atoms with Crippen LogP contribution in [-0.2, 0) is 9.53 Å². The first kappa shape index (κ1) is 19.0. The molecule has 0 saturated heterocycles. The molecule has 0 aliphatic heterocycles. The Morgan fingerprint density at radius 2 is 1.56 bits per heavy atom. The first-order chi connectivity index (χ1) is 8.58. The highest BCUT2D eigenvalue weighted by Gasteiger charge is 1.81. The molecule has 0 saturated carbocycles. The van der Waals surface area contributed by atoms with Gasteiger partial charge in [-0.3, -0.25) is 4.79 Å². The van der Waals surface area contributed by atoms with Gasteiger partial charge < -0.3 is 4.74 Å². The molecule has 0 fully saturated rings. The lowest BCUT2D eigenvalue weighted by Gasteiger charge is -1.89. The van der Waals surface area contributed by atoms with Crippen molar-refractivity contribution < 1.29 is 9.53 Å². The molecule has 0 heterocycles. The first-order valence-electron chi connectivity index (χ1n) is 6.73. The molecule has 1 aromatic carbocycles. The van der Waals surface area contributed by atoms with Crippen LogP contribution < -0.4 is 0 Å². The zero-order valence-electron chi connectivity index (χ0n) is 12.5. The van der Waals surface area contributed by atoms with Crippen molar-refractivity contribution in [3.05, 3.63) is 35.9 Å². The zero-order chi connectivity index (χ0) is 14.2. The van der Waals surface area contributed by atoms with Gasteiger partial charge in [-0.25, -0.2) is 0 Å². The van der Waals surface area contributed by atoms with E-state index in [9.17, 15) is 4.79 Å². The van der Waals surface area contributed by atoms with Crippen LogP contribution in [0.3, 0.4) is 0 Å². The molecule has 18 heavy (non-hydrogen) atoms. The highest BCUT2D eigenvalue weighted by molar-refractivity contribution is 5.65. The molecule has 0 bridgehead atoms. The third kappa shape index (κ3) is 20.1. The molecular weight excluding hydrogens is 224 g/mol. The van der Waals surface area contributed by atoms with E-state index >= 15 is 0 Å². The number of ether oxygens (including phenoxy) is 1. The van der Waals surface area contributed by atoms with Crippen LogP contribution in [0.25, 0.3) is 0 Å². The largest absolute Gasteiger partial charge is 0.466 e. The minimum absolute atomic E-state index is 0.211. The van der Waals surface area contributed by atoms with Crippen LogP contribution in [0.2, 0.25) is 0 Å². The van der Waals surface area contributed by atoms with Crippen molar-refractivity contribution in [1.29, 1.82) is 0 Å². The molecule has 104 valence electrons. The van der Waals surface area contributed by atoms with Gasteiger partial charge in [0.05, 0.1) is 6.61 Å². The van der Waals surface area contributed by atoms with Gasteiger partial charge in [-0.1, -0.05) is 69.0 Å². The zero-order valence-corrected chi connectivity index (χ0v) is 12.5. The third-order valence-electron chi connectivity index (χ3n) is 2.00. The Hall–Kier alpha value is -1.31. The maximum atomic E-state index is 9.82. The summed E-state index contributed by atoms with van der Waals surface area (Å²) in [4.78, 5) is 9.82. The molecule has 0 radical (unpaired) electrons. The van der Waals surface area contributed by atoms with Gasteiger partial charge in [-0.15, -0.1) is 0 Å². The van der Waals surface area contributed by atoms with Crippen LogP contribution in [-0.4, -0.2) is 12.6 Å². The second-order valence-electron chi connectivity index (χ2n) is 3.93. The summed E-state index contributed by atoms with van der Waals surface area (Å²) in [5.74, 6) is -0.211.